The minimum atomic E-state index is -3.03. The molecule has 0 unspecified atom stereocenters. The molecule has 0 aromatic heterocycles. The van der Waals surface area contributed by atoms with Crippen LogP contribution in [-0.2, 0) is 14.3 Å². The van der Waals surface area contributed by atoms with Crippen molar-refractivity contribution in [3.63, 3.8) is 0 Å². The van der Waals surface area contributed by atoms with Crippen LogP contribution in [-0.4, -0.2) is 31.7 Å². The Hall–Kier alpha value is -0.550. The average molecular weight is 182 g/mol. The molecule has 0 heterocycles. The number of carbonyl (C=O) groups is 1. The summed E-state index contributed by atoms with van der Waals surface area (Å²) in [6, 6.07) is 0. The fourth-order valence-corrected chi connectivity index (χ4v) is 0.618. The number of halogens is 2. The Bertz CT molecular complexity index is 133. The lowest BCUT2D eigenvalue weighted by Gasteiger charge is -2.14. The molecule has 0 aliphatic carbocycles. The summed E-state index contributed by atoms with van der Waals surface area (Å²) < 4.78 is 32.9. The molecule has 0 N–H and O–H groups in total. The zero-order chi connectivity index (χ0) is 9.56. The van der Waals surface area contributed by atoms with Gasteiger partial charge in [0.05, 0.1) is 0 Å². The molecular weight excluding hydrogens is 170 g/mol. The summed E-state index contributed by atoms with van der Waals surface area (Å²) in [7, 11) is 0. The van der Waals surface area contributed by atoms with Crippen molar-refractivity contribution in [1.29, 1.82) is 0 Å². The molecular formula is C7H12F2O3. The summed E-state index contributed by atoms with van der Waals surface area (Å²) in [5.74, 6) is -1.32. The minimum absolute atomic E-state index is 0.170. The van der Waals surface area contributed by atoms with Crippen molar-refractivity contribution >= 4 is 5.78 Å². The smallest absolute Gasteiger partial charge is 0.301 e. The molecule has 0 radical (unpaired) electrons. The number of alkyl halides is 2. The fraction of sp³-hybridized carbons (Fsp3) is 0.857. The molecule has 0 atom stereocenters. The molecule has 0 rings (SSSR count). The van der Waals surface area contributed by atoms with Gasteiger partial charge in [0.2, 0.25) is 6.29 Å². The van der Waals surface area contributed by atoms with Gasteiger partial charge in [-0.2, -0.15) is 0 Å². The van der Waals surface area contributed by atoms with Crippen LogP contribution in [0.15, 0.2) is 0 Å². The predicted octanol–water partition coefficient (Wildman–Crippen LogP) is 1.22. The lowest BCUT2D eigenvalue weighted by molar-refractivity contribution is -0.177. The Labute approximate surface area is 69.6 Å². The van der Waals surface area contributed by atoms with Crippen molar-refractivity contribution in [2.75, 3.05) is 13.2 Å². The Balaban J connectivity index is 3.99. The molecule has 3 nitrogen and oxygen atoms in total. The van der Waals surface area contributed by atoms with Crippen LogP contribution in [0.1, 0.15) is 13.8 Å². The first-order valence-corrected chi connectivity index (χ1v) is 3.68. The second-order valence-corrected chi connectivity index (χ2v) is 1.95. The van der Waals surface area contributed by atoms with Crippen LogP contribution < -0.4 is 0 Å². The van der Waals surface area contributed by atoms with Gasteiger partial charge in [-0.1, -0.05) is 0 Å². The Kier molecular flexibility index (Phi) is 5.74. The van der Waals surface area contributed by atoms with E-state index in [0.29, 0.717) is 0 Å². The quantitative estimate of drug-likeness (QED) is 0.579. The van der Waals surface area contributed by atoms with Gasteiger partial charge >= 0.3 is 6.43 Å². The van der Waals surface area contributed by atoms with E-state index in [0.717, 1.165) is 0 Å². The second kappa shape index (κ2) is 6.02. The van der Waals surface area contributed by atoms with Crippen LogP contribution in [0.4, 0.5) is 8.78 Å². The van der Waals surface area contributed by atoms with Crippen LogP contribution in [0.5, 0.6) is 0 Å². The van der Waals surface area contributed by atoms with Crippen LogP contribution in [0.3, 0.4) is 0 Å². The van der Waals surface area contributed by atoms with Crippen molar-refractivity contribution < 1.29 is 23.0 Å². The van der Waals surface area contributed by atoms with Gasteiger partial charge in [0.25, 0.3) is 5.78 Å². The van der Waals surface area contributed by atoms with E-state index < -0.39 is 18.5 Å². The number of hydrogen-bond acceptors (Lipinski definition) is 3. The van der Waals surface area contributed by atoms with E-state index in [2.05, 4.69) is 9.47 Å². The van der Waals surface area contributed by atoms with Crippen LogP contribution in [0.25, 0.3) is 0 Å². The van der Waals surface area contributed by atoms with E-state index in [4.69, 9.17) is 0 Å². The zero-order valence-corrected chi connectivity index (χ0v) is 7.05. The third-order valence-electron chi connectivity index (χ3n) is 1.08. The molecule has 0 bridgehead atoms. The minimum Gasteiger partial charge on any atom is -0.346 e. The number of ketones is 1. The maximum absolute atomic E-state index is 11.8. The van der Waals surface area contributed by atoms with Crippen molar-refractivity contribution in [2.45, 2.75) is 26.6 Å². The molecule has 0 spiro atoms. The molecule has 0 aromatic carbocycles. The average Bonchev–Trinajstić information content (AvgIpc) is 2.03. The highest BCUT2D eigenvalue weighted by atomic mass is 19.3. The van der Waals surface area contributed by atoms with Crippen molar-refractivity contribution in [3.8, 4) is 0 Å². The number of Topliss-reactive ketones (excluding diaryl/α,β-unsaturated/α-hetero) is 1. The normalized spacial score (nSPS) is 11.2. The number of hydrogen-bond donors (Lipinski definition) is 0. The molecule has 12 heavy (non-hydrogen) atoms. The highest BCUT2D eigenvalue weighted by Crippen LogP contribution is 2.04. The van der Waals surface area contributed by atoms with Crippen molar-refractivity contribution in [1.82, 2.24) is 0 Å². The molecule has 0 aliphatic heterocycles. The van der Waals surface area contributed by atoms with E-state index in [9.17, 15) is 13.6 Å². The van der Waals surface area contributed by atoms with Crippen LogP contribution >= 0.6 is 0 Å². The Morgan fingerprint density at radius 1 is 1.25 bits per heavy atom. The summed E-state index contributed by atoms with van der Waals surface area (Å²) in [6.45, 7) is 3.54. The zero-order valence-electron chi connectivity index (χ0n) is 7.05. The largest absolute Gasteiger partial charge is 0.346 e. The summed E-state index contributed by atoms with van der Waals surface area (Å²) in [4.78, 5) is 10.6. The van der Waals surface area contributed by atoms with Gasteiger partial charge in [0, 0.05) is 13.2 Å². The SMILES string of the molecule is CCOC(OCC)C(=O)C(F)F. The molecule has 0 saturated carbocycles. The summed E-state index contributed by atoms with van der Waals surface area (Å²) >= 11 is 0. The van der Waals surface area contributed by atoms with Crippen molar-refractivity contribution in [3.05, 3.63) is 0 Å². The molecule has 0 aromatic rings. The predicted molar refractivity (Wildman–Crippen MR) is 38.1 cm³/mol. The lowest BCUT2D eigenvalue weighted by atomic mass is 10.4. The highest BCUT2D eigenvalue weighted by molar-refractivity contribution is 5.84. The molecule has 0 aliphatic rings. The fourth-order valence-electron chi connectivity index (χ4n) is 0.618. The topological polar surface area (TPSA) is 35.5 Å². The van der Waals surface area contributed by atoms with Gasteiger partial charge in [0.15, 0.2) is 0 Å². The van der Waals surface area contributed by atoms with E-state index >= 15 is 0 Å². The number of carbonyl (C=O) groups excluding carboxylic acids is 1. The molecule has 72 valence electrons. The molecule has 0 fully saturated rings. The first-order valence-electron chi connectivity index (χ1n) is 3.68. The lowest BCUT2D eigenvalue weighted by Crippen LogP contribution is -2.32. The van der Waals surface area contributed by atoms with E-state index in [1.807, 2.05) is 0 Å². The number of ether oxygens (including phenoxy) is 2. The molecule has 0 amide bonds. The van der Waals surface area contributed by atoms with E-state index in [1.54, 1.807) is 13.8 Å². The standard InChI is InChI=1S/C7H12F2O3/c1-3-11-7(12-4-2)5(10)6(8)9/h6-7H,3-4H2,1-2H3. The van der Waals surface area contributed by atoms with Gasteiger partial charge in [-0.25, -0.2) is 8.78 Å². The van der Waals surface area contributed by atoms with Gasteiger partial charge in [-0.05, 0) is 13.8 Å². The molecule has 0 saturated heterocycles. The molecule has 5 heteroatoms. The van der Waals surface area contributed by atoms with Gasteiger partial charge in [0.1, 0.15) is 0 Å². The van der Waals surface area contributed by atoms with Crippen LogP contribution in [0.2, 0.25) is 0 Å². The van der Waals surface area contributed by atoms with Crippen LogP contribution in [0, 0.1) is 0 Å². The number of rotatable bonds is 6. The van der Waals surface area contributed by atoms with Gasteiger partial charge in [-0.3, -0.25) is 4.79 Å². The van der Waals surface area contributed by atoms with Gasteiger partial charge < -0.3 is 9.47 Å². The monoisotopic (exact) mass is 182 g/mol. The van der Waals surface area contributed by atoms with Crippen molar-refractivity contribution in [2.24, 2.45) is 0 Å². The summed E-state index contributed by atoms with van der Waals surface area (Å²) in [6.07, 6.45) is -4.45. The first-order chi connectivity index (χ1) is 5.63. The Morgan fingerprint density at radius 3 is 1.92 bits per heavy atom. The van der Waals surface area contributed by atoms with E-state index in [1.165, 1.54) is 0 Å². The second-order valence-electron chi connectivity index (χ2n) is 1.95. The first kappa shape index (κ1) is 11.4. The third-order valence-corrected chi connectivity index (χ3v) is 1.08. The highest BCUT2D eigenvalue weighted by Gasteiger charge is 2.27. The summed E-state index contributed by atoms with van der Waals surface area (Å²) in [5.41, 5.74) is 0. The van der Waals surface area contributed by atoms with Gasteiger partial charge in [-0.15, -0.1) is 0 Å². The third kappa shape index (κ3) is 3.73. The summed E-state index contributed by atoms with van der Waals surface area (Å²) in [5, 5.41) is 0. The van der Waals surface area contributed by atoms with E-state index in [-0.39, 0.29) is 13.2 Å². The maximum atomic E-state index is 11.8. The Morgan fingerprint density at radius 2 is 1.67 bits per heavy atom. The maximum Gasteiger partial charge on any atom is 0.301 e.